The predicted octanol–water partition coefficient (Wildman–Crippen LogP) is 4.66. The molecule has 2 rings (SSSR count). The summed E-state index contributed by atoms with van der Waals surface area (Å²) < 4.78 is 1.43. The Bertz CT molecular complexity index is 690. The van der Waals surface area contributed by atoms with Crippen molar-refractivity contribution in [2.75, 3.05) is 0 Å². The van der Waals surface area contributed by atoms with E-state index in [1.54, 1.807) is 40.9 Å². The van der Waals surface area contributed by atoms with Crippen LogP contribution in [0.15, 0.2) is 58.8 Å². The molecule has 1 aromatic carbocycles. The molecule has 0 aliphatic rings. The van der Waals surface area contributed by atoms with Crippen LogP contribution < -0.4 is 5.43 Å². The van der Waals surface area contributed by atoms with Crippen molar-refractivity contribution in [1.29, 1.82) is 0 Å². The summed E-state index contributed by atoms with van der Waals surface area (Å²) >= 11 is 12.8. The molecule has 1 heterocycles. The first kappa shape index (κ1) is 21.9. The zero-order chi connectivity index (χ0) is 18.5. The van der Waals surface area contributed by atoms with Gasteiger partial charge in [0.05, 0.1) is 22.1 Å². The number of pyridine rings is 1. The van der Waals surface area contributed by atoms with Gasteiger partial charge in [0.1, 0.15) is 0 Å². The zero-order valence-electron chi connectivity index (χ0n) is 14.4. The molecule has 0 bridgehead atoms. The van der Waals surface area contributed by atoms with Gasteiger partial charge in [-0.1, -0.05) is 29.8 Å². The van der Waals surface area contributed by atoms with E-state index >= 15 is 0 Å². The van der Waals surface area contributed by atoms with E-state index in [9.17, 15) is 0 Å². The molecule has 2 aromatic rings. The number of amidine groups is 1. The Kier molecular flexibility index (Phi) is 11.4. The number of unbranched alkanes of at least 4 members (excludes halogenated alkanes) is 1. The number of hydrogen-bond acceptors (Lipinski definition) is 4. The first-order chi connectivity index (χ1) is 12.1. The third-order valence-corrected chi connectivity index (χ3v) is 4.47. The quantitative estimate of drug-likeness (QED) is 0.223. The van der Waals surface area contributed by atoms with E-state index in [4.69, 9.17) is 24.2 Å². The third-order valence-electron chi connectivity index (χ3n) is 2.96. The molecule has 25 heavy (non-hydrogen) atoms. The van der Waals surface area contributed by atoms with E-state index in [0.29, 0.717) is 10.7 Å². The summed E-state index contributed by atoms with van der Waals surface area (Å²) in [5, 5.41) is 4.93. The van der Waals surface area contributed by atoms with Crippen molar-refractivity contribution in [3.63, 3.8) is 0 Å². The van der Waals surface area contributed by atoms with Crippen LogP contribution in [-0.4, -0.2) is 38.4 Å². The van der Waals surface area contributed by atoms with Crippen molar-refractivity contribution in [3.05, 3.63) is 59.4 Å². The first-order valence-electron chi connectivity index (χ1n) is 7.95. The minimum atomic E-state index is 0.244. The maximum atomic E-state index is 6.00. The molecule has 0 radical (unpaired) electrons. The number of halogens is 1. The summed E-state index contributed by atoms with van der Waals surface area (Å²) in [6, 6.07) is 12.8. The number of benzene rings is 1. The number of nitrogens with zero attached hydrogens (tertiary/aromatic N) is 3. The van der Waals surface area contributed by atoms with Gasteiger partial charge in [-0.2, -0.15) is 5.10 Å². The fourth-order valence-electron chi connectivity index (χ4n) is 1.62. The van der Waals surface area contributed by atoms with Crippen molar-refractivity contribution in [2.24, 2.45) is 10.1 Å². The van der Waals surface area contributed by atoms with Gasteiger partial charge < -0.3 is 12.6 Å². The van der Waals surface area contributed by atoms with E-state index in [1.807, 2.05) is 37.3 Å². The Morgan fingerprint density at radius 2 is 1.96 bits per heavy atom. The van der Waals surface area contributed by atoms with E-state index in [-0.39, 0.29) is 5.17 Å². The second-order valence-corrected chi connectivity index (χ2v) is 7.22. The Balaban J connectivity index is 0.000000550. The zero-order valence-corrected chi connectivity index (χ0v) is 18.8. The SMILES string of the molecule is C/C(=N\NC([S-])=Nc1ccccc1Cl)c1ccccn1.CCC[CH2][Sn+3]. The Morgan fingerprint density at radius 1 is 1.24 bits per heavy atom. The molecule has 0 atom stereocenters. The molecule has 7 heteroatoms. The van der Waals surface area contributed by atoms with Crippen LogP contribution in [0, 0.1) is 0 Å². The molecule has 0 aliphatic carbocycles. The molecule has 0 saturated heterocycles. The van der Waals surface area contributed by atoms with Crippen LogP contribution in [-0.2, 0) is 12.6 Å². The molecule has 0 aliphatic heterocycles. The van der Waals surface area contributed by atoms with Crippen LogP contribution in [0.4, 0.5) is 5.69 Å². The Hall–Kier alpha value is -1.18. The van der Waals surface area contributed by atoms with Crippen LogP contribution in [0.2, 0.25) is 9.46 Å². The molecular formula is C18H21ClN4SSn+2. The third kappa shape index (κ3) is 9.18. The first-order valence-corrected chi connectivity index (χ1v) is 10.8. The van der Waals surface area contributed by atoms with Crippen molar-refractivity contribution in [1.82, 2.24) is 10.4 Å². The van der Waals surface area contributed by atoms with Gasteiger partial charge in [0.2, 0.25) is 0 Å². The fraction of sp³-hybridized carbons (Fsp3) is 0.278. The minimum absolute atomic E-state index is 0.244. The van der Waals surface area contributed by atoms with Crippen LogP contribution >= 0.6 is 11.6 Å². The fourth-order valence-corrected chi connectivity index (χ4v) is 2.95. The molecule has 0 unspecified atom stereocenters. The molecule has 128 valence electrons. The molecule has 0 spiro atoms. The van der Waals surface area contributed by atoms with Crippen LogP contribution in [0.5, 0.6) is 0 Å². The van der Waals surface area contributed by atoms with Gasteiger partial charge in [0.15, 0.2) is 0 Å². The van der Waals surface area contributed by atoms with E-state index in [1.165, 1.54) is 17.3 Å². The summed E-state index contributed by atoms with van der Waals surface area (Å²) in [5.74, 6) is 0. The normalized spacial score (nSPS) is 11.6. The second-order valence-electron chi connectivity index (χ2n) is 5.00. The molecule has 0 saturated carbocycles. The summed E-state index contributed by atoms with van der Waals surface area (Å²) in [5.41, 5.74) is 4.82. The second kappa shape index (κ2) is 13.1. The predicted molar refractivity (Wildman–Crippen MR) is 111 cm³/mol. The van der Waals surface area contributed by atoms with Gasteiger partial charge in [-0.15, -0.1) is 0 Å². The number of para-hydroxylation sites is 1. The number of hydrogen-bond donors (Lipinski definition) is 1. The maximum absolute atomic E-state index is 6.00. The van der Waals surface area contributed by atoms with Crippen molar-refractivity contribution < 1.29 is 0 Å². The summed E-state index contributed by atoms with van der Waals surface area (Å²) in [6.45, 7) is 4.07. The average molecular weight is 480 g/mol. The van der Waals surface area contributed by atoms with E-state index < -0.39 is 0 Å². The van der Waals surface area contributed by atoms with Crippen LogP contribution in [0.3, 0.4) is 0 Å². The van der Waals surface area contributed by atoms with Crippen molar-refractivity contribution in [2.45, 2.75) is 31.1 Å². The average Bonchev–Trinajstić information content (AvgIpc) is 2.63. The van der Waals surface area contributed by atoms with E-state index in [2.05, 4.69) is 27.4 Å². The molecule has 4 nitrogen and oxygen atoms in total. The number of hydrazone groups is 1. The van der Waals surface area contributed by atoms with Gasteiger partial charge in [0.25, 0.3) is 0 Å². The van der Waals surface area contributed by atoms with Gasteiger partial charge in [-0.05, 0) is 31.2 Å². The number of aromatic nitrogens is 1. The van der Waals surface area contributed by atoms with Gasteiger partial charge in [0, 0.05) is 11.4 Å². The molecule has 1 aromatic heterocycles. The monoisotopic (exact) mass is 480 g/mol. The summed E-state index contributed by atoms with van der Waals surface area (Å²) in [4.78, 5) is 8.37. The molecule has 1 N–H and O–H groups in total. The molecule has 0 amide bonds. The van der Waals surface area contributed by atoms with Crippen LogP contribution in [0.25, 0.3) is 0 Å². The molecular weight excluding hydrogens is 458 g/mol. The summed E-state index contributed by atoms with van der Waals surface area (Å²) in [7, 11) is 0. The standard InChI is InChI=1S/C14H13ClN4S.C4H9.Sn/c1-10(12-7-4-5-9-16-12)18-19-14(20)17-13-8-3-2-6-11(13)15;1-3-4-2;/h2-9H,1H3,(H2,17,19,20);1,3-4H2,2H3;/q;;+3/p-1/b18-10+;;. The van der Waals surface area contributed by atoms with Gasteiger partial charge >= 0.3 is 46.7 Å². The topological polar surface area (TPSA) is 49.6 Å². The van der Waals surface area contributed by atoms with E-state index in [0.717, 1.165) is 11.4 Å². The summed E-state index contributed by atoms with van der Waals surface area (Å²) in [6.07, 6.45) is 4.50. The number of aliphatic imine (C=N–C) groups is 1. The van der Waals surface area contributed by atoms with Crippen molar-refractivity contribution in [3.8, 4) is 0 Å². The Morgan fingerprint density at radius 3 is 2.52 bits per heavy atom. The van der Waals surface area contributed by atoms with Gasteiger partial charge in [-0.25, -0.2) is 0 Å². The molecule has 0 fully saturated rings. The van der Waals surface area contributed by atoms with Crippen molar-refractivity contribution >= 4 is 63.3 Å². The number of rotatable bonds is 5. The number of nitrogens with one attached hydrogen (secondary N) is 1. The van der Waals surface area contributed by atoms with Crippen LogP contribution in [0.1, 0.15) is 32.4 Å². The Labute approximate surface area is 173 Å². The van der Waals surface area contributed by atoms with Gasteiger partial charge in [-0.3, -0.25) is 15.4 Å².